The normalized spacial score (nSPS) is 25.9. The quantitative estimate of drug-likeness (QED) is 0.875. The van der Waals surface area contributed by atoms with Crippen LogP contribution >= 0.6 is 11.3 Å². The van der Waals surface area contributed by atoms with E-state index < -0.39 is 0 Å². The van der Waals surface area contributed by atoms with Crippen molar-refractivity contribution >= 4 is 17.4 Å². The summed E-state index contributed by atoms with van der Waals surface area (Å²) in [6, 6.07) is 0.188. The van der Waals surface area contributed by atoms with Crippen LogP contribution in [0.3, 0.4) is 0 Å². The number of thiazole rings is 1. The molecule has 5 nitrogen and oxygen atoms in total. The van der Waals surface area contributed by atoms with Crippen LogP contribution in [-0.4, -0.2) is 29.8 Å². The number of hydrogen-bond donors (Lipinski definition) is 2. The minimum absolute atomic E-state index is 0.0703. The first-order valence-corrected chi connectivity index (χ1v) is 9.08. The zero-order chi connectivity index (χ0) is 15.6. The van der Waals surface area contributed by atoms with Crippen molar-refractivity contribution in [1.82, 2.24) is 15.6 Å². The van der Waals surface area contributed by atoms with Crippen LogP contribution < -0.4 is 10.6 Å². The van der Waals surface area contributed by atoms with Crippen molar-refractivity contribution in [3.63, 3.8) is 0 Å². The van der Waals surface area contributed by atoms with Gasteiger partial charge < -0.3 is 15.4 Å². The molecule has 2 saturated carbocycles. The fourth-order valence-corrected chi connectivity index (χ4v) is 4.67. The Bertz CT molecular complexity index is 525. The van der Waals surface area contributed by atoms with Gasteiger partial charge in [0.2, 0.25) is 0 Å². The fraction of sp³-hybridized carbons (Fsp3) is 0.750. The van der Waals surface area contributed by atoms with Gasteiger partial charge in [0.1, 0.15) is 0 Å². The Balaban J connectivity index is 1.52. The number of amides is 2. The molecular formula is C16H25N3O2S. The number of carbonyl (C=O) groups excluding carboxylic acids is 1. The standard InChI is InChI=1S/C16H25N3O2S/c1-3-21-14-8-13(16(14)6-4-5-7-16)19-15(20)17-9-12-11(2)18-10-22-12/h10,13-14H,3-9H2,1-2H3,(H2,17,19,20)/t13-,14+/m0/s1. The summed E-state index contributed by atoms with van der Waals surface area (Å²) in [5, 5.41) is 6.13. The average molecular weight is 323 g/mol. The molecule has 0 aliphatic heterocycles. The number of urea groups is 1. The summed E-state index contributed by atoms with van der Waals surface area (Å²) in [6.45, 7) is 5.33. The monoisotopic (exact) mass is 323 g/mol. The van der Waals surface area contributed by atoms with E-state index in [1.54, 1.807) is 11.3 Å². The molecule has 1 aromatic heterocycles. The van der Waals surface area contributed by atoms with Crippen molar-refractivity contribution in [3.05, 3.63) is 16.1 Å². The first-order chi connectivity index (χ1) is 10.7. The Kier molecular flexibility index (Phi) is 4.68. The maximum absolute atomic E-state index is 12.2. The number of nitrogens with zero attached hydrogens (tertiary/aromatic N) is 1. The highest BCUT2D eigenvalue weighted by Gasteiger charge is 2.57. The summed E-state index contributed by atoms with van der Waals surface area (Å²) in [4.78, 5) is 17.5. The first kappa shape index (κ1) is 15.7. The topological polar surface area (TPSA) is 63.2 Å². The van der Waals surface area contributed by atoms with E-state index in [4.69, 9.17) is 4.74 Å². The maximum atomic E-state index is 12.2. The molecule has 6 heteroatoms. The molecule has 2 aliphatic carbocycles. The van der Waals surface area contributed by atoms with Gasteiger partial charge in [-0.1, -0.05) is 12.8 Å². The molecule has 3 rings (SSSR count). The fourth-order valence-electron chi connectivity index (χ4n) is 3.95. The highest BCUT2D eigenvalue weighted by Crippen LogP contribution is 2.54. The molecule has 0 saturated heterocycles. The minimum atomic E-state index is -0.0703. The molecule has 122 valence electrons. The van der Waals surface area contributed by atoms with Gasteiger partial charge in [-0.25, -0.2) is 9.78 Å². The molecule has 0 aromatic carbocycles. The van der Waals surface area contributed by atoms with Crippen LogP contribution in [0.2, 0.25) is 0 Å². The molecule has 22 heavy (non-hydrogen) atoms. The van der Waals surface area contributed by atoms with Crippen molar-refractivity contribution < 1.29 is 9.53 Å². The lowest BCUT2D eigenvalue weighted by molar-refractivity contribution is -0.126. The first-order valence-electron chi connectivity index (χ1n) is 8.20. The van der Waals surface area contributed by atoms with Gasteiger partial charge >= 0.3 is 6.03 Å². The molecule has 1 spiro atoms. The largest absolute Gasteiger partial charge is 0.378 e. The number of aromatic nitrogens is 1. The number of ether oxygens (including phenoxy) is 1. The van der Waals surface area contributed by atoms with Crippen molar-refractivity contribution in [2.45, 2.75) is 64.6 Å². The third-order valence-electron chi connectivity index (χ3n) is 5.25. The van der Waals surface area contributed by atoms with Crippen LogP contribution in [0.5, 0.6) is 0 Å². The number of carbonyl (C=O) groups is 1. The number of rotatable bonds is 5. The lowest BCUT2D eigenvalue weighted by atomic mass is 9.60. The Morgan fingerprint density at radius 3 is 2.91 bits per heavy atom. The molecule has 1 aromatic rings. The summed E-state index contributed by atoms with van der Waals surface area (Å²) in [7, 11) is 0. The molecule has 2 fully saturated rings. The number of hydrogen-bond acceptors (Lipinski definition) is 4. The maximum Gasteiger partial charge on any atom is 0.315 e. The zero-order valence-corrected chi connectivity index (χ0v) is 14.2. The molecule has 0 bridgehead atoms. The van der Waals surface area contributed by atoms with Crippen LogP contribution in [0.25, 0.3) is 0 Å². The molecule has 0 radical (unpaired) electrons. The SMILES string of the molecule is CCO[C@@H]1C[C@H](NC(=O)NCc2scnc2C)C12CCCC2. The Morgan fingerprint density at radius 2 is 2.27 bits per heavy atom. The van der Waals surface area contributed by atoms with Crippen molar-refractivity contribution in [1.29, 1.82) is 0 Å². The Labute approximate surface area is 135 Å². The van der Waals surface area contributed by atoms with Gasteiger partial charge in [-0.2, -0.15) is 0 Å². The third-order valence-corrected chi connectivity index (χ3v) is 6.18. The number of aryl methyl sites for hydroxylation is 1. The van der Waals surface area contributed by atoms with Crippen LogP contribution in [0.15, 0.2) is 5.51 Å². The van der Waals surface area contributed by atoms with Crippen LogP contribution in [-0.2, 0) is 11.3 Å². The lowest BCUT2D eigenvalue weighted by Gasteiger charge is -2.53. The molecular weight excluding hydrogens is 298 g/mol. The van der Waals surface area contributed by atoms with E-state index in [1.165, 1.54) is 25.7 Å². The second kappa shape index (κ2) is 6.54. The van der Waals surface area contributed by atoms with Crippen LogP contribution in [0.4, 0.5) is 4.79 Å². The molecule has 0 unspecified atom stereocenters. The van der Waals surface area contributed by atoms with E-state index in [9.17, 15) is 4.79 Å². The van der Waals surface area contributed by atoms with E-state index in [1.807, 2.05) is 19.4 Å². The second-order valence-electron chi connectivity index (χ2n) is 6.36. The molecule has 2 atom stereocenters. The van der Waals surface area contributed by atoms with Crippen LogP contribution in [0.1, 0.15) is 49.6 Å². The predicted molar refractivity (Wildman–Crippen MR) is 86.9 cm³/mol. The van der Waals surface area contributed by atoms with Crippen molar-refractivity contribution in [3.8, 4) is 0 Å². The molecule has 2 amide bonds. The predicted octanol–water partition coefficient (Wildman–Crippen LogP) is 2.99. The van der Waals surface area contributed by atoms with E-state index >= 15 is 0 Å². The summed E-state index contributed by atoms with van der Waals surface area (Å²) < 4.78 is 5.88. The second-order valence-corrected chi connectivity index (χ2v) is 7.30. The summed E-state index contributed by atoms with van der Waals surface area (Å²) in [6.07, 6.45) is 6.13. The summed E-state index contributed by atoms with van der Waals surface area (Å²) >= 11 is 1.58. The van der Waals surface area contributed by atoms with Gasteiger partial charge in [-0.05, 0) is 33.1 Å². The molecule has 1 heterocycles. The molecule has 2 N–H and O–H groups in total. The summed E-state index contributed by atoms with van der Waals surface area (Å²) in [5.74, 6) is 0. The third kappa shape index (κ3) is 2.86. The average Bonchev–Trinajstić information content (AvgIpc) is 3.14. The Morgan fingerprint density at radius 1 is 1.50 bits per heavy atom. The minimum Gasteiger partial charge on any atom is -0.378 e. The van der Waals surface area contributed by atoms with Gasteiger partial charge in [0.15, 0.2) is 0 Å². The van der Waals surface area contributed by atoms with Gasteiger partial charge in [0.05, 0.1) is 23.9 Å². The van der Waals surface area contributed by atoms with E-state index in [2.05, 4.69) is 15.6 Å². The van der Waals surface area contributed by atoms with Gasteiger partial charge in [-0.15, -0.1) is 11.3 Å². The highest BCUT2D eigenvalue weighted by atomic mass is 32.1. The van der Waals surface area contributed by atoms with Crippen LogP contribution in [0, 0.1) is 12.3 Å². The zero-order valence-electron chi connectivity index (χ0n) is 13.4. The van der Waals surface area contributed by atoms with Crippen molar-refractivity contribution in [2.24, 2.45) is 5.41 Å². The van der Waals surface area contributed by atoms with E-state index in [-0.39, 0.29) is 17.5 Å². The van der Waals surface area contributed by atoms with Gasteiger partial charge in [0, 0.05) is 22.9 Å². The van der Waals surface area contributed by atoms with Gasteiger partial charge in [-0.3, -0.25) is 0 Å². The van der Waals surface area contributed by atoms with E-state index in [0.29, 0.717) is 12.6 Å². The van der Waals surface area contributed by atoms with Gasteiger partial charge in [0.25, 0.3) is 0 Å². The lowest BCUT2D eigenvalue weighted by Crippen LogP contribution is -2.64. The smallest absolute Gasteiger partial charge is 0.315 e. The highest BCUT2D eigenvalue weighted by molar-refractivity contribution is 7.09. The Hall–Kier alpha value is -1.14. The summed E-state index contributed by atoms with van der Waals surface area (Å²) in [5.41, 5.74) is 3.00. The number of nitrogens with one attached hydrogen (secondary N) is 2. The van der Waals surface area contributed by atoms with E-state index in [0.717, 1.165) is 23.6 Å². The van der Waals surface area contributed by atoms with Crippen molar-refractivity contribution in [2.75, 3.05) is 6.61 Å². The molecule has 2 aliphatic rings.